The van der Waals surface area contributed by atoms with Gasteiger partial charge in [-0.1, -0.05) is 13.3 Å². The molecule has 2 nitrogen and oxygen atoms in total. The molecule has 0 aromatic rings. The van der Waals surface area contributed by atoms with Gasteiger partial charge in [0.1, 0.15) is 0 Å². The van der Waals surface area contributed by atoms with Gasteiger partial charge in [-0.05, 0) is 34.1 Å². The molecule has 1 unspecified atom stereocenters. The van der Waals surface area contributed by atoms with Gasteiger partial charge in [0.05, 0.1) is 0 Å². The first-order valence-electron chi connectivity index (χ1n) is 6.44. The van der Waals surface area contributed by atoms with Crippen LogP contribution in [0.5, 0.6) is 0 Å². The number of piperazine rings is 1. The molecule has 1 rings (SSSR count). The number of hydrogen-bond donors (Lipinski definition) is 0. The van der Waals surface area contributed by atoms with E-state index in [0.29, 0.717) is 5.54 Å². The lowest BCUT2D eigenvalue weighted by atomic mass is 10.0. The van der Waals surface area contributed by atoms with Gasteiger partial charge >= 0.3 is 0 Å². The molecule has 0 bridgehead atoms. The molecule has 15 heavy (non-hydrogen) atoms. The van der Waals surface area contributed by atoms with Crippen molar-refractivity contribution in [2.24, 2.45) is 0 Å². The Morgan fingerprint density at radius 3 is 2.00 bits per heavy atom. The highest BCUT2D eigenvalue weighted by Crippen LogP contribution is 2.17. The van der Waals surface area contributed by atoms with E-state index in [-0.39, 0.29) is 0 Å². The van der Waals surface area contributed by atoms with E-state index in [4.69, 9.17) is 0 Å². The molecule has 1 aliphatic rings. The van der Waals surface area contributed by atoms with Crippen LogP contribution in [0.4, 0.5) is 0 Å². The fraction of sp³-hybridized carbons (Fsp3) is 1.00. The van der Waals surface area contributed by atoms with E-state index in [1.165, 1.54) is 39.0 Å². The number of rotatable bonds is 3. The minimum atomic E-state index is 0.347. The van der Waals surface area contributed by atoms with Crippen molar-refractivity contribution in [2.75, 3.05) is 26.2 Å². The molecule has 1 heterocycles. The van der Waals surface area contributed by atoms with Crippen molar-refractivity contribution in [1.82, 2.24) is 9.80 Å². The van der Waals surface area contributed by atoms with Crippen molar-refractivity contribution in [3.63, 3.8) is 0 Å². The van der Waals surface area contributed by atoms with Crippen molar-refractivity contribution in [1.29, 1.82) is 0 Å². The second kappa shape index (κ2) is 5.31. The maximum Gasteiger partial charge on any atom is 0.0126 e. The Morgan fingerprint density at radius 1 is 1.07 bits per heavy atom. The van der Waals surface area contributed by atoms with Crippen LogP contribution >= 0.6 is 0 Å². The monoisotopic (exact) mass is 212 g/mol. The summed E-state index contributed by atoms with van der Waals surface area (Å²) in [6, 6.07) is 0.775. The lowest BCUT2D eigenvalue weighted by Gasteiger charge is -2.44. The SMILES string of the molecule is CCCC(C)N1CCN(C(C)(C)C)CC1. The molecule has 1 fully saturated rings. The third-order valence-electron chi connectivity index (χ3n) is 3.59. The Kier molecular flexibility index (Phi) is 4.60. The minimum Gasteiger partial charge on any atom is -0.298 e. The van der Waals surface area contributed by atoms with Gasteiger partial charge < -0.3 is 0 Å². The lowest BCUT2D eigenvalue weighted by Crippen LogP contribution is -2.55. The van der Waals surface area contributed by atoms with Gasteiger partial charge in [-0.15, -0.1) is 0 Å². The Bertz CT molecular complexity index is 175. The van der Waals surface area contributed by atoms with Gasteiger partial charge in [-0.3, -0.25) is 9.80 Å². The summed E-state index contributed by atoms with van der Waals surface area (Å²) >= 11 is 0. The summed E-state index contributed by atoms with van der Waals surface area (Å²) < 4.78 is 0. The van der Waals surface area contributed by atoms with Crippen molar-refractivity contribution >= 4 is 0 Å². The molecule has 0 amide bonds. The van der Waals surface area contributed by atoms with Crippen LogP contribution in [0.2, 0.25) is 0 Å². The first-order valence-corrected chi connectivity index (χ1v) is 6.44. The molecule has 0 N–H and O–H groups in total. The van der Waals surface area contributed by atoms with Crippen LogP contribution in [0.3, 0.4) is 0 Å². The van der Waals surface area contributed by atoms with E-state index in [0.717, 1.165) is 6.04 Å². The second-order valence-electron chi connectivity index (χ2n) is 5.83. The zero-order chi connectivity index (χ0) is 11.5. The molecule has 1 saturated heterocycles. The fourth-order valence-corrected chi connectivity index (χ4v) is 2.43. The molecule has 0 aromatic heterocycles. The quantitative estimate of drug-likeness (QED) is 0.709. The van der Waals surface area contributed by atoms with Crippen LogP contribution in [0.25, 0.3) is 0 Å². The van der Waals surface area contributed by atoms with E-state index >= 15 is 0 Å². The van der Waals surface area contributed by atoms with Crippen LogP contribution < -0.4 is 0 Å². The Labute approximate surface area is 95.6 Å². The summed E-state index contributed by atoms with van der Waals surface area (Å²) in [6.07, 6.45) is 2.65. The van der Waals surface area contributed by atoms with Gasteiger partial charge in [0.2, 0.25) is 0 Å². The molecule has 0 aliphatic carbocycles. The van der Waals surface area contributed by atoms with Crippen LogP contribution in [0.15, 0.2) is 0 Å². The highest BCUT2D eigenvalue weighted by molar-refractivity contribution is 4.83. The molecule has 0 spiro atoms. The van der Waals surface area contributed by atoms with E-state index < -0.39 is 0 Å². The topological polar surface area (TPSA) is 6.48 Å². The molecule has 2 heteroatoms. The third kappa shape index (κ3) is 3.76. The summed E-state index contributed by atoms with van der Waals surface area (Å²) in [6.45, 7) is 16.6. The smallest absolute Gasteiger partial charge is 0.0126 e. The van der Waals surface area contributed by atoms with E-state index in [1.807, 2.05) is 0 Å². The molecular formula is C13H28N2. The predicted molar refractivity (Wildman–Crippen MR) is 67.3 cm³/mol. The molecular weight excluding hydrogens is 184 g/mol. The first kappa shape index (κ1) is 13.0. The van der Waals surface area contributed by atoms with E-state index in [9.17, 15) is 0 Å². The normalized spacial score (nSPS) is 23.0. The van der Waals surface area contributed by atoms with Crippen LogP contribution in [-0.4, -0.2) is 47.6 Å². The van der Waals surface area contributed by atoms with Gasteiger partial charge in [-0.2, -0.15) is 0 Å². The standard InChI is InChI=1S/C13H28N2/c1-6-7-12(2)14-8-10-15(11-9-14)13(3,4)5/h12H,6-11H2,1-5H3. The zero-order valence-corrected chi connectivity index (χ0v) is 11.2. The maximum absolute atomic E-state index is 2.64. The first-order chi connectivity index (χ1) is 6.95. The van der Waals surface area contributed by atoms with Gasteiger partial charge in [-0.25, -0.2) is 0 Å². The summed E-state index contributed by atoms with van der Waals surface area (Å²) in [4.78, 5) is 5.24. The van der Waals surface area contributed by atoms with Gasteiger partial charge in [0, 0.05) is 37.8 Å². The van der Waals surface area contributed by atoms with Crippen molar-refractivity contribution in [2.45, 2.75) is 59.0 Å². The lowest BCUT2D eigenvalue weighted by molar-refractivity contribution is 0.0438. The van der Waals surface area contributed by atoms with Crippen LogP contribution in [-0.2, 0) is 0 Å². The average Bonchev–Trinajstić information content (AvgIpc) is 2.17. The van der Waals surface area contributed by atoms with E-state index in [2.05, 4.69) is 44.4 Å². The predicted octanol–water partition coefficient (Wildman–Crippen LogP) is 2.59. The maximum atomic E-state index is 2.64. The van der Waals surface area contributed by atoms with Gasteiger partial charge in [0.25, 0.3) is 0 Å². The average molecular weight is 212 g/mol. The molecule has 1 aliphatic heterocycles. The summed E-state index contributed by atoms with van der Waals surface area (Å²) in [5.74, 6) is 0. The zero-order valence-electron chi connectivity index (χ0n) is 11.2. The summed E-state index contributed by atoms with van der Waals surface area (Å²) in [5, 5.41) is 0. The Hall–Kier alpha value is -0.0800. The molecule has 0 saturated carbocycles. The van der Waals surface area contributed by atoms with Gasteiger partial charge in [0.15, 0.2) is 0 Å². The fourth-order valence-electron chi connectivity index (χ4n) is 2.43. The Morgan fingerprint density at radius 2 is 1.60 bits per heavy atom. The summed E-state index contributed by atoms with van der Waals surface area (Å²) in [7, 11) is 0. The van der Waals surface area contributed by atoms with Crippen LogP contribution in [0.1, 0.15) is 47.5 Å². The van der Waals surface area contributed by atoms with Crippen molar-refractivity contribution in [3.8, 4) is 0 Å². The largest absolute Gasteiger partial charge is 0.298 e. The van der Waals surface area contributed by atoms with Crippen molar-refractivity contribution in [3.05, 3.63) is 0 Å². The Balaban J connectivity index is 2.36. The molecule has 1 atom stereocenters. The van der Waals surface area contributed by atoms with E-state index in [1.54, 1.807) is 0 Å². The van der Waals surface area contributed by atoms with Crippen LogP contribution in [0, 0.1) is 0 Å². The minimum absolute atomic E-state index is 0.347. The van der Waals surface area contributed by atoms with Crippen molar-refractivity contribution < 1.29 is 0 Å². The molecule has 90 valence electrons. The summed E-state index contributed by atoms with van der Waals surface area (Å²) in [5.41, 5.74) is 0.347. The highest BCUT2D eigenvalue weighted by atomic mass is 15.3. The number of nitrogens with zero attached hydrogens (tertiary/aromatic N) is 2. The molecule has 0 aromatic carbocycles. The second-order valence-corrected chi connectivity index (χ2v) is 5.83. The highest BCUT2D eigenvalue weighted by Gasteiger charge is 2.27. The number of hydrogen-bond acceptors (Lipinski definition) is 2. The third-order valence-corrected chi connectivity index (χ3v) is 3.59. The molecule has 0 radical (unpaired) electrons.